The van der Waals surface area contributed by atoms with Crippen LogP contribution in [-0.4, -0.2) is 0 Å². The second-order valence-electron chi connectivity index (χ2n) is 14.1. The molecule has 0 aliphatic rings. The van der Waals surface area contributed by atoms with Crippen molar-refractivity contribution in [2.75, 3.05) is 4.90 Å². The van der Waals surface area contributed by atoms with Crippen LogP contribution in [0.1, 0.15) is 0 Å². The van der Waals surface area contributed by atoms with Crippen LogP contribution in [0.4, 0.5) is 17.1 Å². The molecule has 252 valence electrons. The molecule has 1 aromatic heterocycles. The average Bonchev–Trinajstić information content (AvgIpc) is 3.63. The fourth-order valence-electron chi connectivity index (χ4n) is 8.56. The summed E-state index contributed by atoms with van der Waals surface area (Å²) < 4.78 is 6.42. The molecule has 0 saturated carbocycles. The zero-order valence-electron chi connectivity index (χ0n) is 29.4. The van der Waals surface area contributed by atoms with E-state index in [1.54, 1.807) is 0 Å². The Morgan fingerprint density at radius 1 is 0.315 bits per heavy atom. The summed E-state index contributed by atoms with van der Waals surface area (Å²) >= 11 is 0. The maximum atomic E-state index is 6.42. The molecule has 0 radical (unpaired) electrons. The Morgan fingerprint density at radius 3 is 1.50 bits per heavy atom. The summed E-state index contributed by atoms with van der Waals surface area (Å²) in [6.07, 6.45) is 0. The quantitative estimate of drug-likeness (QED) is 0.168. The maximum absolute atomic E-state index is 6.42. The zero-order valence-corrected chi connectivity index (χ0v) is 29.4. The standard InChI is InChI=1S/C52H33NO/c1-3-17-40-36(13-1)32-47(44-21-7-5-19-42(40)44)34-27-29-38(30-28-34)53(49-24-12-26-51-52(49)46-23-9-10-25-50(46)54-51)39-16-11-15-35(31-39)48-33-37-14-2-4-18-41(37)43-20-6-8-22-45(43)48/h1-33H. The predicted molar refractivity (Wildman–Crippen MR) is 229 cm³/mol. The molecule has 0 aliphatic heterocycles. The molecule has 1 heterocycles. The first-order valence-corrected chi connectivity index (χ1v) is 18.5. The third kappa shape index (κ3) is 4.81. The number of nitrogens with zero attached hydrogens (tertiary/aromatic N) is 1. The Hall–Kier alpha value is -7.16. The molecule has 0 spiro atoms. The van der Waals surface area contributed by atoms with E-state index in [1.807, 2.05) is 6.07 Å². The van der Waals surface area contributed by atoms with Crippen molar-refractivity contribution >= 4 is 82.1 Å². The van der Waals surface area contributed by atoms with Gasteiger partial charge in [0.25, 0.3) is 0 Å². The largest absolute Gasteiger partial charge is 0.456 e. The van der Waals surface area contributed by atoms with Crippen molar-refractivity contribution in [3.05, 3.63) is 200 Å². The van der Waals surface area contributed by atoms with Crippen molar-refractivity contribution < 1.29 is 4.42 Å². The molecule has 0 atom stereocenters. The van der Waals surface area contributed by atoms with Gasteiger partial charge in [-0.3, -0.25) is 0 Å². The molecule has 0 amide bonds. The fraction of sp³-hybridized carbons (Fsp3) is 0. The zero-order chi connectivity index (χ0) is 35.6. The fourth-order valence-corrected chi connectivity index (χ4v) is 8.56. The van der Waals surface area contributed by atoms with E-state index in [0.29, 0.717) is 0 Å². The van der Waals surface area contributed by atoms with Gasteiger partial charge in [0.1, 0.15) is 11.2 Å². The molecule has 0 unspecified atom stereocenters. The lowest BCUT2D eigenvalue weighted by molar-refractivity contribution is 0.669. The van der Waals surface area contributed by atoms with E-state index in [2.05, 4.69) is 199 Å². The van der Waals surface area contributed by atoms with Crippen molar-refractivity contribution in [2.24, 2.45) is 0 Å². The van der Waals surface area contributed by atoms with E-state index in [0.717, 1.165) is 39.0 Å². The summed E-state index contributed by atoms with van der Waals surface area (Å²) in [4.78, 5) is 2.39. The number of fused-ring (bicyclic) bond motifs is 9. The highest BCUT2D eigenvalue weighted by atomic mass is 16.3. The van der Waals surface area contributed by atoms with Gasteiger partial charge < -0.3 is 9.32 Å². The summed E-state index contributed by atoms with van der Waals surface area (Å²) in [6.45, 7) is 0. The van der Waals surface area contributed by atoms with Crippen LogP contribution >= 0.6 is 0 Å². The van der Waals surface area contributed by atoms with Gasteiger partial charge in [-0.15, -0.1) is 0 Å². The first kappa shape index (κ1) is 30.5. The van der Waals surface area contributed by atoms with Gasteiger partial charge in [-0.05, 0) is 120 Å². The monoisotopic (exact) mass is 687 g/mol. The Kier molecular flexibility index (Phi) is 6.90. The highest BCUT2D eigenvalue weighted by molar-refractivity contribution is 6.16. The van der Waals surface area contributed by atoms with Crippen molar-refractivity contribution in [1.82, 2.24) is 0 Å². The van der Waals surface area contributed by atoms with Crippen LogP contribution in [0.25, 0.3) is 87.3 Å². The van der Waals surface area contributed by atoms with E-state index in [4.69, 9.17) is 4.42 Å². The van der Waals surface area contributed by atoms with Crippen LogP contribution in [0.2, 0.25) is 0 Å². The summed E-state index contributed by atoms with van der Waals surface area (Å²) in [5.41, 5.74) is 9.78. The second kappa shape index (κ2) is 12.2. The summed E-state index contributed by atoms with van der Waals surface area (Å²) in [7, 11) is 0. The Labute approximate surface area is 312 Å². The van der Waals surface area contributed by atoms with E-state index < -0.39 is 0 Å². The Morgan fingerprint density at radius 2 is 0.833 bits per heavy atom. The molecule has 0 saturated heterocycles. The molecular formula is C52H33NO. The summed E-state index contributed by atoms with van der Waals surface area (Å²) in [5, 5.41) is 12.3. The van der Waals surface area contributed by atoms with Gasteiger partial charge in [-0.1, -0.05) is 146 Å². The molecule has 0 N–H and O–H groups in total. The molecule has 0 aliphatic carbocycles. The van der Waals surface area contributed by atoms with Gasteiger partial charge >= 0.3 is 0 Å². The van der Waals surface area contributed by atoms with E-state index in [1.165, 1.54) is 65.3 Å². The lowest BCUT2D eigenvalue weighted by atomic mass is 9.92. The third-order valence-corrected chi connectivity index (χ3v) is 11.0. The molecule has 11 aromatic rings. The van der Waals surface area contributed by atoms with Gasteiger partial charge in [0.05, 0.1) is 11.1 Å². The highest BCUT2D eigenvalue weighted by Crippen LogP contribution is 2.45. The highest BCUT2D eigenvalue weighted by Gasteiger charge is 2.21. The molecule has 10 aromatic carbocycles. The summed E-state index contributed by atoms with van der Waals surface area (Å²) in [5.74, 6) is 0. The Bertz CT molecular complexity index is 3230. The van der Waals surface area contributed by atoms with Gasteiger partial charge in [-0.2, -0.15) is 0 Å². The van der Waals surface area contributed by atoms with Crippen LogP contribution in [0.5, 0.6) is 0 Å². The smallest absolute Gasteiger partial charge is 0.137 e. The van der Waals surface area contributed by atoms with Crippen molar-refractivity contribution in [3.8, 4) is 22.3 Å². The Balaban J connectivity index is 1.12. The molecule has 54 heavy (non-hydrogen) atoms. The SMILES string of the molecule is c1cc(-c2cc3ccccc3c3ccccc23)cc(N(c2ccc(-c3cc4ccccc4c4ccccc34)cc2)c2cccc3oc4ccccc4c23)c1. The van der Waals surface area contributed by atoms with Crippen molar-refractivity contribution in [2.45, 2.75) is 0 Å². The molecule has 0 fully saturated rings. The first-order valence-electron chi connectivity index (χ1n) is 18.5. The molecule has 0 bridgehead atoms. The van der Waals surface area contributed by atoms with E-state index in [9.17, 15) is 0 Å². The van der Waals surface area contributed by atoms with Crippen LogP contribution in [-0.2, 0) is 0 Å². The molecule has 2 heteroatoms. The number of anilines is 3. The minimum Gasteiger partial charge on any atom is -0.456 e. The first-order chi connectivity index (χ1) is 26.8. The number of hydrogen-bond acceptors (Lipinski definition) is 2. The number of benzene rings is 10. The second-order valence-corrected chi connectivity index (χ2v) is 14.1. The number of para-hydroxylation sites is 1. The number of furan rings is 1. The molecule has 2 nitrogen and oxygen atoms in total. The average molecular weight is 688 g/mol. The van der Waals surface area contributed by atoms with Crippen LogP contribution < -0.4 is 4.90 Å². The lowest BCUT2D eigenvalue weighted by Gasteiger charge is -2.27. The minimum atomic E-state index is 0.870. The van der Waals surface area contributed by atoms with Crippen LogP contribution in [0.3, 0.4) is 0 Å². The van der Waals surface area contributed by atoms with Gasteiger partial charge in [-0.25, -0.2) is 0 Å². The van der Waals surface area contributed by atoms with E-state index >= 15 is 0 Å². The molecule has 11 rings (SSSR count). The molecular weight excluding hydrogens is 655 g/mol. The van der Waals surface area contributed by atoms with Gasteiger partial charge in [0, 0.05) is 16.8 Å². The van der Waals surface area contributed by atoms with E-state index in [-0.39, 0.29) is 0 Å². The third-order valence-electron chi connectivity index (χ3n) is 11.0. The van der Waals surface area contributed by atoms with Crippen molar-refractivity contribution in [3.63, 3.8) is 0 Å². The van der Waals surface area contributed by atoms with Crippen LogP contribution in [0.15, 0.2) is 205 Å². The van der Waals surface area contributed by atoms with Gasteiger partial charge in [0.15, 0.2) is 0 Å². The normalized spacial score (nSPS) is 11.7. The number of rotatable bonds is 5. The maximum Gasteiger partial charge on any atom is 0.137 e. The minimum absolute atomic E-state index is 0.870. The topological polar surface area (TPSA) is 16.4 Å². The van der Waals surface area contributed by atoms with Gasteiger partial charge in [0.2, 0.25) is 0 Å². The predicted octanol–water partition coefficient (Wildman–Crippen LogP) is 15.0. The lowest BCUT2D eigenvalue weighted by Crippen LogP contribution is -2.10. The van der Waals surface area contributed by atoms with Crippen LogP contribution in [0, 0.1) is 0 Å². The number of hydrogen-bond donors (Lipinski definition) is 0. The van der Waals surface area contributed by atoms with Crippen molar-refractivity contribution in [1.29, 1.82) is 0 Å². The summed E-state index contributed by atoms with van der Waals surface area (Å²) in [6, 6.07) is 72.3.